The van der Waals surface area contributed by atoms with E-state index in [0.717, 1.165) is 11.3 Å². The summed E-state index contributed by atoms with van der Waals surface area (Å²) in [6.07, 6.45) is 2.73. The van der Waals surface area contributed by atoms with E-state index < -0.39 is 15.3 Å². The van der Waals surface area contributed by atoms with E-state index in [1.54, 1.807) is 11.8 Å². The molecule has 1 aromatic heterocycles. The van der Waals surface area contributed by atoms with Gasteiger partial charge in [0.2, 0.25) is 0 Å². The molecule has 2 saturated heterocycles. The van der Waals surface area contributed by atoms with Crippen molar-refractivity contribution in [3.63, 3.8) is 0 Å². The van der Waals surface area contributed by atoms with Gasteiger partial charge in [-0.1, -0.05) is 23.4 Å². The summed E-state index contributed by atoms with van der Waals surface area (Å²) < 4.78 is 28.6. The first-order valence-electron chi connectivity index (χ1n) is 9.11. The molecule has 0 aliphatic carbocycles. The van der Waals surface area contributed by atoms with Crippen molar-refractivity contribution in [1.82, 2.24) is 10.1 Å². The minimum atomic E-state index is -2.29. The normalized spacial score (nSPS) is 28.3. The molecular formula is C19H23N3O4S. The highest BCUT2D eigenvalue weighted by atomic mass is 32.2. The van der Waals surface area contributed by atoms with Gasteiger partial charge in [-0.25, -0.2) is 4.21 Å². The summed E-state index contributed by atoms with van der Waals surface area (Å²) in [6.45, 7) is 3.29. The predicted octanol–water partition coefficient (Wildman–Crippen LogP) is 2.79. The van der Waals surface area contributed by atoms with Gasteiger partial charge in [0.1, 0.15) is 6.26 Å². The monoisotopic (exact) mass is 389 g/mol. The van der Waals surface area contributed by atoms with Crippen molar-refractivity contribution >= 4 is 21.3 Å². The van der Waals surface area contributed by atoms with Crippen molar-refractivity contribution in [2.75, 3.05) is 31.2 Å². The van der Waals surface area contributed by atoms with Crippen LogP contribution in [-0.2, 0) is 14.5 Å². The Morgan fingerprint density at radius 2 is 2.00 bits per heavy atom. The van der Waals surface area contributed by atoms with Crippen molar-refractivity contribution in [3.05, 3.63) is 47.9 Å². The van der Waals surface area contributed by atoms with Crippen molar-refractivity contribution in [1.29, 1.82) is 0 Å². The van der Waals surface area contributed by atoms with Gasteiger partial charge in [-0.05, 0) is 31.9 Å². The third kappa shape index (κ3) is 3.77. The van der Waals surface area contributed by atoms with E-state index in [9.17, 15) is 9.00 Å². The van der Waals surface area contributed by atoms with Crippen LogP contribution in [0.15, 0.2) is 45.5 Å². The number of ether oxygens (including phenoxy) is 1. The van der Waals surface area contributed by atoms with Gasteiger partial charge in [0.05, 0.1) is 34.2 Å². The molecule has 0 saturated carbocycles. The summed E-state index contributed by atoms with van der Waals surface area (Å²) in [5, 5.41) is 3.83. The maximum Gasteiger partial charge on any atom is 0.276 e. The number of carbonyl (C=O) groups is 1. The van der Waals surface area contributed by atoms with Crippen molar-refractivity contribution in [3.8, 4) is 0 Å². The second-order valence-corrected chi connectivity index (χ2v) is 9.76. The van der Waals surface area contributed by atoms with E-state index in [0.29, 0.717) is 49.7 Å². The highest BCUT2D eigenvalue weighted by Gasteiger charge is 2.43. The largest absolute Gasteiger partial charge is 0.371 e. The zero-order valence-electron chi connectivity index (χ0n) is 15.3. The standard InChI is InChI=1S/C19H23N3O4S/c1-15-13-26-20-17(15)18(23)22-9-10-25-19(14-22)7-11-27(24,12-8-19)21-16-5-3-2-4-6-16/h2-6,13H,7-12,14H2,1H3. The topological polar surface area (TPSA) is 85.0 Å². The molecule has 0 bridgehead atoms. The number of aryl methyl sites for hydroxylation is 1. The van der Waals surface area contributed by atoms with E-state index in [1.807, 2.05) is 30.3 Å². The first kappa shape index (κ1) is 18.2. The number of nitrogens with zero attached hydrogens (tertiary/aromatic N) is 3. The molecule has 0 atom stereocenters. The quantitative estimate of drug-likeness (QED) is 0.788. The Balaban J connectivity index is 1.48. The smallest absolute Gasteiger partial charge is 0.276 e. The lowest BCUT2D eigenvalue weighted by molar-refractivity contribution is -0.104. The van der Waals surface area contributed by atoms with E-state index in [2.05, 4.69) is 9.52 Å². The summed E-state index contributed by atoms with van der Waals surface area (Å²) in [7, 11) is -2.29. The third-order valence-corrected chi connectivity index (χ3v) is 7.49. The molecule has 2 aliphatic heterocycles. The first-order chi connectivity index (χ1) is 13.0. The van der Waals surface area contributed by atoms with Crippen LogP contribution in [0.2, 0.25) is 0 Å². The Hall–Kier alpha value is -2.19. The highest BCUT2D eigenvalue weighted by molar-refractivity contribution is 7.93. The van der Waals surface area contributed by atoms with Gasteiger partial charge in [-0.2, -0.15) is 4.36 Å². The van der Waals surface area contributed by atoms with Crippen LogP contribution in [0.25, 0.3) is 0 Å². The minimum absolute atomic E-state index is 0.135. The van der Waals surface area contributed by atoms with Gasteiger partial charge in [-0.3, -0.25) is 4.79 Å². The van der Waals surface area contributed by atoms with Crippen LogP contribution in [0.1, 0.15) is 28.9 Å². The maximum absolute atomic E-state index is 13.1. The van der Waals surface area contributed by atoms with Crippen molar-refractivity contribution < 1.29 is 18.3 Å². The molecule has 27 heavy (non-hydrogen) atoms. The lowest BCUT2D eigenvalue weighted by Gasteiger charge is -2.45. The predicted molar refractivity (Wildman–Crippen MR) is 101 cm³/mol. The van der Waals surface area contributed by atoms with Gasteiger partial charge in [0, 0.05) is 23.6 Å². The molecule has 2 aliphatic rings. The zero-order chi connectivity index (χ0) is 18.9. The van der Waals surface area contributed by atoms with E-state index in [1.165, 1.54) is 6.26 Å². The average Bonchev–Trinajstić information content (AvgIpc) is 3.11. The molecule has 3 heterocycles. The van der Waals surface area contributed by atoms with Crippen LogP contribution in [0.5, 0.6) is 0 Å². The SMILES string of the molecule is Cc1conc1C(=O)N1CCOC2(CCS(=O)(=Nc3ccccc3)CC2)C1. The summed E-state index contributed by atoms with van der Waals surface area (Å²) in [6, 6.07) is 9.44. The number of benzene rings is 1. The Labute approximate surface area is 158 Å². The van der Waals surface area contributed by atoms with Crippen LogP contribution in [-0.4, -0.2) is 57.0 Å². The van der Waals surface area contributed by atoms with Gasteiger partial charge in [0.15, 0.2) is 5.69 Å². The fourth-order valence-electron chi connectivity index (χ4n) is 3.65. The second-order valence-electron chi connectivity index (χ2n) is 7.21. The molecule has 144 valence electrons. The zero-order valence-corrected chi connectivity index (χ0v) is 16.1. The fraction of sp³-hybridized carbons (Fsp3) is 0.474. The molecule has 8 heteroatoms. The van der Waals surface area contributed by atoms with Crippen LogP contribution in [0.3, 0.4) is 0 Å². The van der Waals surface area contributed by atoms with Gasteiger partial charge >= 0.3 is 0 Å². The van der Waals surface area contributed by atoms with E-state index >= 15 is 0 Å². The minimum Gasteiger partial charge on any atom is -0.371 e. The molecule has 4 rings (SSSR count). The van der Waals surface area contributed by atoms with E-state index in [-0.39, 0.29) is 5.91 Å². The molecule has 0 radical (unpaired) electrons. The van der Waals surface area contributed by atoms with Gasteiger partial charge in [-0.15, -0.1) is 0 Å². The molecule has 1 aromatic carbocycles. The molecule has 7 nitrogen and oxygen atoms in total. The summed E-state index contributed by atoms with van der Waals surface area (Å²) in [4.78, 5) is 14.5. The summed E-state index contributed by atoms with van der Waals surface area (Å²) in [5.74, 6) is 0.823. The molecule has 2 aromatic rings. The maximum atomic E-state index is 13.1. The Morgan fingerprint density at radius 1 is 1.26 bits per heavy atom. The number of morpholine rings is 1. The average molecular weight is 389 g/mol. The highest BCUT2D eigenvalue weighted by Crippen LogP contribution is 2.33. The lowest BCUT2D eigenvalue weighted by Crippen LogP contribution is -2.56. The van der Waals surface area contributed by atoms with Gasteiger partial charge < -0.3 is 14.2 Å². The van der Waals surface area contributed by atoms with Crippen LogP contribution >= 0.6 is 0 Å². The number of carbonyl (C=O) groups excluding carboxylic acids is 1. The fourth-order valence-corrected chi connectivity index (χ4v) is 5.93. The number of hydrogen-bond donors (Lipinski definition) is 0. The second kappa shape index (κ2) is 7.09. The summed E-state index contributed by atoms with van der Waals surface area (Å²) in [5.41, 5.74) is 1.39. The van der Waals surface area contributed by atoms with E-state index in [4.69, 9.17) is 9.26 Å². The molecule has 0 unspecified atom stereocenters. The molecule has 1 spiro atoms. The van der Waals surface area contributed by atoms with Crippen LogP contribution in [0.4, 0.5) is 5.69 Å². The molecule has 2 fully saturated rings. The number of amides is 1. The Bertz CT molecular complexity index is 933. The Morgan fingerprint density at radius 3 is 2.67 bits per heavy atom. The third-order valence-electron chi connectivity index (χ3n) is 5.27. The molecule has 0 N–H and O–H groups in total. The molecular weight excluding hydrogens is 366 g/mol. The molecule has 1 amide bonds. The Kier molecular flexibility index (Phi) is 4.77. The van der Waals surface area contributed by atoms with Crippen molar-refractivity contribution in [2.24, 2.45) is 4.36 Å². The van der Waals surface area contributed by atoms with Gasteiger partial charge in [0.25, 0.3) is 5.91 Å². The number of rotatable bonds is 2. The summed E-state index contributed by atoms with van der Waals surface area (Å²) >= 11 is 0. The van der Waals surface area contributed by atoms with Crippen LogP contribution < -0.4 is 0 Å². The number of aromatic nitrogens is 1. The number of hydrogen-bond acceptors (Lipinski definition) is 6. The first-order valence-corrected chi connectivity index (χ1v) is 11.0. The van der Waals surface area contributed by atoms with Crippen molar-refractivity contribution in [2.45, 2.75) is 25.4 Å². The van der Waals surface area contributed by atoms with Crippen LogP contribution in [0, 0.1) is 6.92 Å². The lowest BCUT2D eigenvalue weighted by atomic mass is 9.94.